The molecule has 114 valence electrons. The molecular formula is C16H23N3O2. The maximum Gasteiger partial charge on any atom is 0.318 e. The fourth-order valence-corrected chi connectivity index (χ4v) is 2.39. The molecular weight excluding hydrogens is 266 g/mol. The number of hydrogen-bond donors (Lipinski definition) is 1. The molecule has 21 heavy (non-hydrogen) atoms. The van der Waals surface area contributed by atoms with Crippen LogP contribution in [-0.2, 0) is 11.2 Å². The summed E-state index contributed by atoms with van der Waals surface area (Å²) >= 11 is 0. The highest BCUT2D eigenvalue weighted by atomic mass is 16.2. The van der Waals surface area contributed by atoms with E-state index in [-0.39, 0.29) is 24.5 Å². The molecule has 1 aliphatic rings. The van der Waals surface area contributed by atoms with Gasteiger partial charge in [-0.3, -0.25) is 4.79 Å². The average molecular weight is 289 g/mol. The lowest BCUT2D eigenvalue weighted by Gasteiger charge is -2.33. The number of nitrogens with one attached hydrogen (secondary N) is 1. The SMILES string of the molecule is CCC(Cc1ccccc1)NC(=O)N1CCN(C)C(=O)C1. The van der Waals surface area contributed by atoms with Crippen LogP contribution in [0.2, 0.25) is 0 Å². The van der Waals surface area contributed by atoms with Gasteiger partial charge in [-0.2, -0.15) is 0 Å². The van der Waals surface area contributed by atoms with Gasteiger partial charge in [0.2, 0.25) is 5.91 Å². The number of urea groups is 1. The Bertz CT molecular complexity index is 490. The van der Waals surface area contributed by atoms with Crippen LogP contribution < -0.4 is 5.32 Å². The fraction of sp³-hybridized carbons (Fsp3) is 0.500. The molecule has 1 atom stereocenters. The number of hydrogen-bond acceptors (Lipinski definition) is 2. The molecule has 1 unspecified atom stereocenters. The molecule has 3 amide bonds. The number of piperazine rings is 1. The number of nitrogens with zero attached hydrogens (tertiary/aromatic N) is 2. The maximum atomic E-state index is 12.3. The Morgan fingerprint density at radius 1 is 1.29 bits per heavy atom. The lowest BCUT2D eigenvalue weighted by Crippen LogP contribution is -2.55. The molecule has 0 aromatic heterocycles. The van der Waals surface area contributed by atoms with E-state index in [1.165, 1.54) is 5.56 Å². The second-order valence-corrected chi connectivity index (χ2v) is 5.48. The van der Waals surface area contributed by atoms with Crippen LogP contribution in [0.5, 0.6) is 0 Å². The van der Waals surface area contributed by atoms with Crippen LogP contribution in [0.25, 0.3) is 0 Å². The summed E-state index contributed by atoms with van der Waals surface area (Å²) in [4.78, 5) is 27.2. The summed E-state index contributed by atoms with van der Waals surface area (Å²) in [5.41, 5.74) is 1.21. The lowest BCUT2D eigenvalue weighted by molar-refractivity contribution is -0.133. The molecule has 1 N–H and O–H groups in total. The summed E-state index contributed by atoms with van der Waals surface area (Å²) in [6, 6.07) is 10.1. The molecule has 0 radical (unpaired) electrons. The minimum absolute atomic E-state index is 0.00694. The predicted octanol–water partition coefficient (Wildman–Crippen LogP) is 1.49. The number of amides is 3. The third-order valence-electron chi connectivity index (χ3n) is 3.89. The molecule has 1 fully saturated rings. The Morgan fingerprint density at radius 2 is 2.00 bits per heavy atom. The highest BCUT2D eigenvalue weighted by Crippen LogP contribution is 2.07. The van der Waals surface area contributed by atoms with Crippen LogP contribution in [0.1, 0.15) is 18.9 Å². The van der Waals surface area contributed by atoms with Crippen LogP contribution in [0.4, 0.5) is 4.79 Å². The second-order valence-electron chi connectivity index (χ2n) is 5.48. The van der Waals surface area contributed by atoms with Crippen LogP contribution in [0.15, 0.2) is 30.3 Å². The van der Waals surface area contributed by atoms with Gasteiger partial charge in [-0.1, -0.05) is 37.3 Å². The molecule has 1 heterocycles. The van der Waals surface area contributed by atoms with Crippen molar-refractivity contribution in [2.75, 3.05) is 26.7 Å². The predicted molar refractivity (Wildman–Crippen MR) is 82.0 cm³/mol. The van der Waals surface area contributed by atoms with E-state index >= 15 is 0 Å². The summed E-state index contributed by atoms with van der Waals surface area (Å²) < 4.78 is 0. The highest BCUT2D eigenvalue weighted by Gasteiger charge is 2.25. The molecule has 0 spiro atoms. The van der Waals surface area contributed by atoms with Gasteiger partial charge in [0.15, 0.2) is 0 Å². The third kappa shape index (κ3) is 4.21. The molecule has 0 aliphatic carbocycles. The van der Waals surface area contributed by atoms with Gasteiger partial charge in [-0.15, -0.1) is 0 Å². The zero-order chi connectivity index (χ0) is 15.2. The van der Waals surface area contributed by atoms with Crippen LogP contribution in [0, 0.1) is 0 Å². The smallest absolute Gasteiger partial charge is 0.318 e. The Labute approximate surface area is 125 Å². The van der Waals surface area contributed by atoms with Crippen molar-refractivity contribution < 1.29 is 9.59 Å². The maximum absolute atomic E-state index is 12.3. The zero-order valence-electron chi connectivity index (χ0n) is 12.7. The Hall–Kier alpha value is -2.04. The van der Waals surface area contributed by atoms with Gasteiger partial charge in [0.05, 0.1) is 0 Å². The monoisotopic (exact) mass is 289 g/mol. The van der Waals surface area contributed by atoms with Gasteiger partial charge in [0.1, 0.15) is 6.54 Å². The van der Waals surface area contributed by atoms with Crippen molar-refractivity contribution in [1.82, 2.24) is 15.1 Å². The molecule has 1 aromatic carbocycles. The standard InChI is InChI=1S/C16H23N3O2/c1-3-14(11-13-7-5-4-6-8-13)17-16(21)19-10-9-18(2)15(20)12-19/h4-8,14H,3,9-12H2,1-2H3,(H,17,21). The number of likely N-dealkylation sites (N-methyl/N-ethyl adjacent to an activating group) is 1. The van der Waals surface area contributed by atoms with Gasteiger partial charge in [0.25, 0.3) is 0 Å². The number of benzene rings is 1. The van der Waals surface area contributed by atoms with Gasteiger partial charge in [-0.05, 0) is 18.4 Å². The fourth-order valence-electron chi connectivity index (χ4n) is 2.39. The van der Waals surface area contributed by atoms with E-state index in [0.717, 1.165) is 12.8 Å². The first kappa shape index (κ1) is 15.4. The van der Waals surface area contributed by atoms with E-state index in [9.17, 15) is 9.59 Å². The van der Waals surface area contributed by atoms with Gasteiger partial charge in [0, 0.05) is 26.2 Å². The number of rotatable bonds is 4. The summed E-state index contributed by atoms with van der Waals surface area (Å²) in [5.74, 6) is -0.00694. The Morgan fingerprint density at radius 3 is 2.62 bits per heavy atom. The van der Waals surface area contributed by atoms with Crippen LogP contribution in [0.3, 0.4) is 0 Å². The lowest BCUT2D eigenvalue weighted by atomic mass is 10.0. The molecule has 1 aromatic rings. The molecule has 5 nitrogen and oxygen atoms in total. The largest absolute Gasteiger partial charge is 0.342 e. The van der Waals surface area contributed by atoms with E-state index < -0.39 is 0 Å². The van der Waals surface area contributed by atoms with Gasteiger partial charge >= 0.3 is 6.03 Å². The summed E-state index contributed by atoms with van der Waals surface area (Å²) in [6.07, 6.45) is 1.67. The van der Waals surface area contributed by atoms with E-state index in [1.54, 1.807) is 16.8 Å². The van der Waals surface area contributed by atoms with E-state index in [1.807, 2.05) is 18.2 Å². The first-order chi connectivity index (χ1) is 10.1. The molecule has 1 aliphatic heterocycles. The average Bonchev–Trinajstić information content (AvgIpc) is 2.50. The molecule has 5 heteroatoms. The minimum Gasteiger partial charge on any atom is -0.342 e. The van der Waals surface area contributed by atoms with Crippen LogP contribution in [-0.4, -0.2) is 54.5 Å². The van der Waals surface area contributed by atoms with Crippen LogP contribution >= 0.6 is 0 Å². The van der Waals surface area contributed by atoms with Crippen molar-refractivity contribution in [3.63, 3.8) is 0 Å². The van der Waals surface area contributed by atoms with Crippen molar-refractivity contribution in [1.29, 1.82) is 0 Å². The third-order valence-corrected chi connectivity index (χ3v) is 3.89. The highest BCUT2D eigenvalue weighted by molar-refractivity contribution is 5.85. The molecule has 0 bridgehead atoms. The van der Waals surface area contributed by atoms with Crippen molar-refractivity contribution in [3.8, 4) is 0 Å². The van der Waals surface area contributed by atoms with Crippen molar-refractivity contribution in [2.45, 2.75) is 25.8 Å². The summed E-state index contributed by atoms with van der Waals surface area (Å²) in [6.45, 7) is 3.42. The van der Waals surface area contributed by atoms with Gasteiger partial charge in [-0.25, -0.2) is 4.79 Å². The topological polar surface area (TPSA) is 52.7 Å². The Kier molecular flexibility index (Phi) is 5.20. The van der Waals surface area contributed by atoms with E-state index in [2.05, 4.69) is 24.4 Å². The van der Waals surface area contributed by atoms with Crippen molar-refractivity contribution in [3.05, 3.63) is 35.9 Å². The van der Waals surface area contributed by atoms with Crippen molar-refractivity contribution in [2.24, 2.45) is 0 Å². The zero-order valence-corrected chi connectivity index (χ0v) is 12.7. The van der Waals surface area contributed by atoms with Crippen molar-refractivity contribution >= 4 is 11.9 Å². The molecule has 0 saturated carbocycles. The summed E-state index contributed by atoms with van der Waals surface area (Å²) in [5, 5.41) is 3.04. The number of carbonyl (C=O) groups is 2. The minimum atomic E-state index is -0.140. The molecule has 2 rings (SSSR count). The normalized spacial score (nSPS) is 16.8. The van der Waals surface area contributed by atoms with E-state index in [0.29, 0.717) is 13.1 Å². The summed E-state index contributed by atoms with van der Waals surface area (Å²) in [7, 11) is 1.77. The first-order valence-corrected chi connectivity index (χ1v) is 7.43. The number of carbonyl (C=O) groups excluding carboxylic acids is 2. The second kappa shape index (κ2) is 7.11. The van der Waals surface area contributed by atoms with Gasteiger partial charge < -0.3 is 15.1 Å². The molecule has 1 saturated heterocycles. The first-order valence-electron chi connectivity index (χ1n) is 7.43. The Balaban J connectivity index is 1.89. The van der Waals surface area contributed by atoms with E-state index in [4.69, 9.17) is 0 Å². The quantitative estimate of drug-likeness (QED) is 0.913.